The Bertz CT molecular complexity index is 80.6. The fraction of sp³-hybridized carbons (Fsp3) is 0.875. The van der Waals surface area contributed by atoms with Crippen LogP contribution in [0.2, 0.25) is 0 Å². The first-order valence-electron chi connectivity index (χ1n) is 3.79. The van der Waals surface area contributed by atoms with Crippen molar-refractivity contribution in [2.45, 2.75) is 32.7 Å². The molecule has 0 spiro atoms. The molecule has 2 N–H and O–H groups in total. The molecule has 0 heterocycles. The van der Waals surface area contributed by atoms with Gasteiger partial charge in [0, 0.05) is 6.04 Å². The zero-order valence-electron chi connectivity index (χ0n) is 6.30. The summed E-state index contributed by atoms with van der Waals surface area (Å²) in [5.74, 6) is 1.41. The molecule has 0 saturated heterocycles. The van der Waals surface area contributed by atoms with Crippen LogP contribution >= 0.6 is 0 Å². The summed E-state index contributed by atoms with van der Waals surface area (Å²) in [5.41, 5.74) is 5.90. The molecule has 1 radical (unpaired) electrons. The zero-order chi connectivity index (χ0) is 6.85. The van der Waals surface area contributed by atoms with Crippen molar-refractivity contribution in [1.82, 2.24) is 0 Å². The van der Waals surface area contributed by atoms with Gasteiger partial charge in [0.25, 0.3) is 0 Å². The Kier molecular flexibility index (Phi) is 2.12. The van der Waals surface area contributed by atoms with Gasteiger partial charge in [-0.1, -0.05) is 13.8 Å². The fourth-order valence-electron chi connectivity index (χ4n) is 1.50. The van der Waals surface area contributed by atoms with Gasteiger partial charge in [0.2, 0.25) is 0 Å². The van der Waals surface area contributed by atoms with E-state index in [0.717, 1.165) is 0 Å². The predicted octanol–water partition coefficient (Wildman–Crippen LogP) is 1.58. The molecular formula is C8H16N. The monoisotopic (exact) mass is 126 g/mol. The molecular weight excluding hydrogens is 110 g/mol. The van der Waals surface area contributed by atoms with Gasteiger partial charge in [0.1, 0.15) is 0 Å². The maximum absolute atomic E-state index is 5.90. The lowest BCUT2D eigenvalue weighted by atomic mass is 9.79. The lowest BCUT2D eigenvalue weighted by molar-refractivity contribution is 0.294. The van der Waals surface area contributed by atoms with Crippen LogP contribution in [-0.2, 0) is 0 Å². The van der Waals surface area contributed by atoms with E-state index in [1.54, 1.807) is 0 Å². The molecule has 1 aliphatic carbocycles. The molecule has 0 bridgehead atoms. The van der Waals surface area contributed by atoms with E-state index in [2.05, 4.69) is 20.3 Å². The van der Waals surface area contributed by atoms with Crippen LogP contribution in [0.25, 0.3) is 0 Å². The fourth-order valence-corrected chi connectivity index (χ4v) is 1.50. The summed E-state index contributed by atoms with van der Waals surface area (Å²) in [6.45, 7) is 4.47. The molecule has 1 nitrogen and oxygen atoms in total. The first-order valence-corrected chi connectivity index (χ1v) is 3.79. The first-order chi connectivity index (χ1) is 4.22. The molecule has 0 aromatic carbocycles. The van der Waals surface area contributed by atoms with Gasteiger partial charge in [-0.15, -0.1) is 0 Å². The highest BCUT2D eigenvalue weighted by Gasteiger charge is 2.23. The molecule has 1 saturated carbocycles. The summed E-state index contributed by atoms with van der Waals surface area (Å²) >= 11 is 0. The SMILES string of the molecule is C[C@H]1C[CH]C[C@H](C)C1N. The summed E-state index contributed by atoms with van der Waals surface area (Å²) in [4.78, 5) is 0. The van der Waals surface area contributed by atoms with Crippen LogP contribution in [0.15, 0.2) is 0 Å². The Morgan fingerprint density at radius 2 is 1.67 bits per heavy atom. The molecule has 0 aromatic heterocycles. The third kappa shape index (κ3) is 1.45. The van der Waals surface area contributed by atoms with Crippen molar-refractivity contribution in [3.05, 3.63) is 6.42 Å². The summed E-state index contributed by atoms with van der Waals surface area (Å²) in [5, 5.41) is 0. The van der Waals surface area contributed by atoms with Crippen LogP contribution < -0.4 is 5.73 Å². The molecule has 0 aromatic rings. The van der Waals surface area contributed by atoms with Gasteiger partial charge in [-0.2, -0.15) is 0 Å². The normalized spacial score (nSPS) is 39.0. The number of rotatable bonds is 0. The predicted molar refractivity (Wildman–Crippen MR) is 39.8 cm³/mol. The molecule has 9 heavy (non-hydrogen) atoms. The van der Waals surface area contributed by atoms with Crippen LogP contribution in [0.4, 0.5) is 0 Å². The second-order valence-corrected chi connectivity index (χ2v) is 3.29. The summed E-state index contributed by atoms with van der Waals surface area (Å²) in [7, 11) is 0. The highest BCUT2D eigenvalue weighted by molar-refractivity contribution is 4.88. The van der Waals surface area contributed by atoms with E-state index in [1.807, 2.05) is 0 Å². The molecule has 1 aliphatic rings. The average molecular weight is 126 g/mol. The van der Waals surface area contributed by atoms with Gasteiger partial charge in [-0.05, 0) is 31.1 Å². The van der Waals surface area contributed by atoms with E-state index in [9.17, 15) is 0 Å². The van der Waals surface area contributed by atoms with Gasteiger partial charge in [0.05, 0.1) is 0 Å². The topological polar surface area (TPSA) is 26.0 Å². The minimum absolute atomic E-state index is 0.440. The summed E-state index contributed by atoms with van der Waals surface area (Å²) < 4.78 is 0. The van der Waals surface area contributed by atoms with E-state index >= 15 is 0 Å². The lowest BCUT2D eigenvalue weighted by Gasteiger charge is -2.30. The van der Waals surface area contributed by atoms with Crippen molar-refractivity contribution >= 4 is 0 Å². The second kappa shape index (κ2) is 2.70. The Morgan fingerprint density at radius 1 is 1.22 bits per heavy atom. The standard InChI is InChI=1S/C8H16N/c1-6-4-3-5-7(2)8(6)9/h3,6-8H,4-5,9H2,1-2H3/t6-,7-/m0/s1. The van der Waals surface area contributed by atoms with Gasteiger partial charge in [0.15, 0.2) is 0 Å². The molecule has 1 fully saturated rings. The first kappa shape index (κ1) is 7.07. The van der Waals surface area contributed by atoms with Crippen molar-refractivity contribution in [3.8, 4) is 0 Å². The van der Waals surface area contributed by atoms with Crippen LogP contribution in [0, 0.1) is 18.3 Å². The molecule has 0 amide bonds. The Morgan fingerprint density at radius 3 is 2.00 bits per heavy atom. The van der Waals surface area contributed by atoms with Gasteiger partial charge in [-0.3, -0.25) is 0 Å². The van der Waals surface area contributed by atoms with Crippen LogP contribution in [0.3, 0.4) is 0 Å². The molecule has 0 unspecified atom stereocenters. The minimum atomic E-state index is 0.440. The molecule has 0 aliphatic heterocycles. The van der Waals surface area contributed by atoms with Crippen LogP contribution in [-0.4, -0.2) is 6.04 Å². The molecule has 2 atom stereocenters. The molecule has 1 rings (SSSR count). The van der Waals surface area contributed by atoms with Crippen LogP contribution in [0.1, 0.15) is 26.7 Å². The smallest absolute Gasteiger partial charge is 0.00905 e. The van der Waals surface area contributed by atoms with Crippen molar-refractivity contribution in [2.75, 3.05) is 0 Å². The quantitative estimate of drug-likeness (QED) is 0.524. The van der Waals surface area contributed by atoms with E-state index < -0.39 is 0 Å². The third-order valence-corrected chi connectivity index (χ3v) is 2.39. The van der Waals surface area contributed by atoms with Crippen molar-refractivity contribution in [2.24, 2.45) is 17.6 Å². The number of hydrogen-bond acceptors (Lipinski definition) is 1. The van der Waals surface area contributed by atoms with Crippen molar-refractivity contribution in [1.29, 1.82) is 0 Å². The maximum atomic E-state index is 5.90. The summed E-state index contributed by atoms with van der Waals surface area (Å²) in [6, 6.07) is 0.440. The lowest BCUT2D eigenvalue weighted by Crippen LogP contribution is -2.38. The van der Waals surface area contributed by atoms with E-state index in [1.165, 1.54) is 12.8 Å². The maximum Gasteiger partial charge on any atom is 0.00905 e. The largest absolute Gasteiger partial charge is 0.327 e. The Hall–Kier alpha value is -0.0400. The van der Waals surface area contributed by atoms with Crippen molar-refractivity contribution < 1.29 is 0 Å². The average Bonchev–Trinajstić information content (AvgIpc) is 1.83. The van der Waals surface area contributed by atoms with E-state index in [-0.39, 0.29) is 0 Å². The van der Waals surface area contributed by atoms with E-state index in [4.69, 9.17) is 5.73 Å². The van der Waals surface area contributed by atoms with Gasteiger partial charge < -0.3 is 5.73 Å². The van der Waals surface area contributed by atoms with Crippen LogP contribution in [0.5, 0.6) is 0 Å². The number of nitrogens with two attached hydrogens (primary N) is 1. The van der Waals surface area contributed by atoms with Gasteiger partial charge in [-0.25, -0.2) is 0 Å². The van der Waals surface area contributed by atoms with Gasteiger partial charge >= 0.3 is 0 Å². The zero-order valence-corrected chi connectivity index (χ0v) is 6.30. The highest BCUT2D eigenvalue weighted by Crippen LogP contribution is 2.25. The number of hydrogen-bond donors (Lipinski definition) is 1. The second-order valence-electron chi connectivity index (χ2n) is 3.29. The van der Waals surface area contributed by atoms with E-state index in [0.29, 0.717) is 17.9 Å². The Balaban J connectivity index is 2.41. The molecule has 53 valence electrons. The minimum Gasteiger partial charge on any atom is -0.327 e. The van der Waals surface area contributed by atoms with Crippen molar-refractivity contribution in [3.63, 3.8) is 0 Å². The third-order valence-electron chi connectivity index (χ3n) is 2.39. The highest BCUT2D eigenvalue weighted by atomic mass is 14.7. The Labute approximate surface area is 57.6 Å². The molecule has 1 heteroatoms. The summed E-state index contributed by atoms with van der Waals surface area (Å²) in [6.07, 6.45) is 4.79.